The summed E-state index contributed by atoms with van der Waals surface area (Å²) in [6.45, 7) is 3.40. The molecule has 1 aliphatic carbocycles. The topological polar surface area (TPSA) is 43.4 Å². The van der Waals surface area contributed by atoms with Gasteiger partial charge in [0, 0.05) is 27.7 Å². The van der Waals surface area contributed by atoms with E-state index in [9.17, 15) is 9.59 Å². The van der Waals surface area contributed by atoms with Gasteiger partial charge in [-0.05, 0) is 37.4 Å². The van der Waals surface area contributed by atoms with Crippen LogP contribution in [0.25, 0.3) is 10.8 Å². The van der Waals surface area contributed by atoms with Crippen LogP contribution < -0.4 is 4.74 Å². The number of methoxy groups -OCH3 is 1. The summed E-state index contributed by atoms with van der Waals surface area (Å²) in [5.41, 5.74) is 2.01. The molecule has 3 nitrogen and oxygen atoms in total. The number of hydrogen-bond donors (Lipinski definition) is 0. The number of ether oxygens (including phenoxy) is 1. The van der Waals surface area contributed by atoms with Crippen molar-refractivity contribution in [1.82, 2.24) is 0 Å². The fraction of sp³-hybridized carbons (Fsp3) is 0.176. The van der Waals surface area contributed by atoms with Gasteiger partial charge in [0.2, 0.25) is 0 Å². The minimum atomic E-state index is -0.0788. The van der Waals surface area contributed by atoms with E-state index in [0.717, 1.165) is 10.8 Å². The molecule has 0 spiro atoms. The minimum Gasteiger partial charge on any atom is -0.496 e. The maximum absolute atomic E-state index is 12.4. The molecule has 0 fully saturated rings. The number of ketones is 2. The monoisotopic (exact) mass is 266 g/mol. The van der Waals surface area contributed by atoms with Gasteiger partial charge in [-0.25, -0.2) is 0 Å². The van der Waals surface area contributed by atoms with Crippen molar-refractivity contribution >= 4 is 22.3 Å². The highest BCUT2D eigenvalue weighted by Crippen LogP contribution is 2.33. The second kappa shape index (κ2) is 4.30. The molecule has 0 bridgehead atoms. The predicted octanol–water partition coefficient (Wildman–Crippen LogP) is 3.56. The number of rotatable bonds is 1. The summed E-state index contributed by atoms with van der Waals surface area (Å²) in [5.74, 6) is 0.557. The molecule has 1 aliphatic rings. The van der Waals surface area contributed by atoms with Crippen molar-refractivity contribution in [2.45, 2.75) is 13.8 Å². The molecule has 0 N–H and O–H groups in total. The average Bonchev–Trinajstić information content (AvgIpc) is 2.48. The number of carbonyl (C=O) groups is 2. The molecule has 100 valence electrons. The largest absolute Gasteiger partial charge is 0.496 e. The number of hydrogen-bond acceptors (Lipinski definition) is 3. The summed E-state index contributed by atoms with van der Waals surface area (Å²) in [5, 5.41) is 1.75. The molecule has 2 aromatic carbocycles. The van der Waals surface area contributed by atoms with E-state index in [0.29, 0.717) is 28.0 Å². The van der Waals surface area contributed by atoms with E-state index >= 15 is 0 Å². The van der Waals surface area contributed by atoms with Gasteiger partial charge in [-0.2, -0.15) is 0 Å². The number of Topliss-reactive ketones (excluding diaryl/α,β-unsaturated/α-hetero) is 2. The SMILES string of the molecule is COc1cccc2cc3c(cc12)C(=O)C(C)=C(C)C3=O. The molecule has 0 radical (unpaired) electrons. The van der Waals surface area contributed by atoms with E-state index in [1.807, 2.05) is 18.2 Å². The molecule has 0 saturated heterocycles. The third kappa shape index (κ3) is 1.59. The second-order valence-electron chi connectivity index (χ2n) is 4.99. The quantitative estimate of drug-likeness (QED) is 0.792. The maximum Gasteiger partial charge on any atom is 0.189 e. The molecular formula is C17H14O3. The van der Waals surface area contributed by atoms with Gasteiger partial charge in [0.25, 0.3) is 0 Å². The summed E-state index contributed by atoms with van der Waals surface area (Å²) in [6, 6.07) is 9.17. The van der Waals surface area contributed by atoms with E-state index in [-0.39, 0.29) is 11.6 Å². The molecule has 0 unspecified atom stereocenters. The van der Waals surface area contributed by atoms with E-state index < -0.39 is 0 Å². The van der Waals surface area contributed by atoms with E-state index in [4.69, 9.17) is 4.74 Å². The summed E-state index contributed by atoms with van der Waals surface area (Å²) < 4.78 is 5.32. The van der Waals surface area contributed by atoms with Crippen molar-refractivity contribution < 1.29 is 14.3 Å². The molecule has 0 amide bonds. The molecule has 0 aromatic heterocycles. The molecular weight excluding hydrogens is 252 g/mol. The first-order valence-corrected chi connectivity index (χ1v) is 6.42. The Morgan fingerprint density at radius 2 is 1.50 bits per heavy atom. The Hall–Kier alpha value is -2.42. The molecule has 0 heterocycles. The van der Waals surface area contributed by atoms with Crippen molar-refractivity contribution in [3.8, 4) is 5.75 Å². The van der Waals surface area contributed by atoms with Crippen LogP contribution in [0, 0.1) is 0 Å². The highest BCUT2D eigenvalue weighted by Gasteiger charge is 2.28. The van der Waals surface area contributed by atoms with E-state index in [1.165, 1.54) is 0 Å². The summed E-state index contributed by atoms with van der Waals surface area (Å²) in [7, 11) is 1.59. The van der Waals surface area contributed by atoms with Gasteiger partial charge in [-0.15, -0.1) is 0 Å². The average molecular weight is 266 g/mol. The normalized spacial score (nSPS) is 14.8. The van der Waals surface area contributed by atoms with Crippen LogP contribution in [0.4, 0.5) is 0 Å². The van der Waals surface area contributed by atoms with Crippen LogP contribution in [-0.2, 0) is 0 Å². The van der Waals surface area contributed by atoms with Crippen molar-refractivity contribution in [2.24, 2.45) is 0 Å². The summed E-state index contributed by atoms with van der Waals surface area (Å²) in [4.78, 5) is 24.7. The third-order valence-electron chi connectivity index (χ3n) is 3.93. The Kier molecular flexibility index (Phi) is 2.71. The van der Waals surface area contributed by atoms with Crippen molar-refractivity contribution in [1.29, 1.82) is 0 Å². The van der Waals surface area contributed by atoms with Crippen LogP contribution in [-0.4, -0.2) is 18.7 Å². The van der Waals surface area contributed by atoms with E-state index in [1.54, 1.807) is 33.1 Å². The first kappa shape index (κ1) is 12.6. The molecule has 3 heteroatoms. The number of benzene rings is 2. The predicted molar refractivity (Wildman–Crippen MR) is 77.5 cm³/mol. The molecule has 0 saturated carbocycles. The number of allylic oxidation sites excluding steroid dienone is 2. The minimum absolute atomic E-state index is 0.0678. The number of fused-ring (bicyclic) bond motifs is 2. The summed E-state index contributed by atoms with van der Waals surface area (Å²) in [6.07, 6.45) is 0. The van der Waals surface area contributed by atoms with Gasteiger partial charge < -0.3 is 4.74 Å². The lowest BCUT2D eigenvalue weighted by Gasteiger charge is -2.18. The molecule has 3 rings (SSSR count). The molecule has 0 atom stereocenters. The Morgan fingerprint density at radius 1 is 0.900 bits per heavy atom. The van der Waals surface area contributed by atoms with Gasteiger partial charge in [0.15, 0.2) is 11.6 Å². The van der Waals surface area contributed by atoms with Crippen LogP contribution in [0.3, 0.4) is 0 Å². The zero-order chi connectivity index (χ0) is 14.4. The van der Waals surface area contributed by atoms with Crippen LogP contribution in [0.5, 0.6) is 5.75 Å². The number of carbonyl (C=O) groups excluding carboxylic acids is 2. The molecule has 20 heavy (non-hydrogen) atoms. The van der Waals surface area contributed by atoms with Crippen molar-refractivity contribution in [3.63, 3.8) is 0 Å². The zero-order valence-electron chi connectivity index (χ0n) is 11.6. The third-order valence-corrected chi connectivity index (χ3v) is 3.93. The van der Waals surface area contributed by atoms with Crippen molar-refractivity contribution in [3.05, 3.63) is 52.6 Å². The van der Waals surface area contributed by atoms with Crippen LogP contribution in [0.15, 0.2) is 41.5 Å². The standard InChI is InChI=1S/C17H14O3/c1-9-10(2)17(19)14-8-12-11(7-13(14)16(9)18)5-4-6-15(12)20-3/h4-8H,1-3H3. The highest BCUT2D eigenvalue weighted by atomic mass is 16.5. The highest BCUT2D eigenvalue weighted by molar-refractivity contribution is 6.27. The van der Waals surface area contributed by atoms with Gasteiger partial charge in [-0.1, -0.05) is 12.1 Å². The fourth-order valence-corrected chi connectivity index (χ4v) is 2.59. The fourth-order valence-electron chi connectivity index (χ4n) is 2.59. The van der Waals surface area contributed by atoms with E-state index in [2.05, 4.69) is 0 Å². The Labute approximate surface area is 116 Å². The Bertz CT molecular complexity index is 797. The van der Waals surface area contributed by atoms with Crippen LogP contribution in [0.2, 0.25) is 0 Å². The smallest absolute Gasteiger partial charge is 0.189 e. The van der Waals surface area contributed by atoms with Crippen molar-refractivity contribution in [2.75, 3.05) is 7.11 Å². The first-order chi connectivity index (χ1) is 9.54. The first-order valence-electron chi connectivity index (χ1n) is 6.42. The Morgan fingerprint density at radius 3 is 2.10 bits per heavy atom. The lowest BCUT2D eigenvalue weighted by atomic mass is 9.84. The van der Waals surface area contributed by atoms with Gasteiger partial charge in [0.05, 0.1) is 7.11 Å². The summed E-state index contributed by atoms with van der Waals surface area (Å²) >= 11 is 0. The maximum atomic E-state index is 12.4. The van der Waals surface area contributed by atoms with Gasteiger partial charge in [-0.3, -0.25) is 9.59 Å². The van der Waals surface area contributed by atoms with Crippen LogP contribution in [0.1, 0.15) is 34.6 Å². The molecule has 2 aromatic rings. The second-order valence-corrected chi connectivity index (χ2v) is 4.99. The Balaban J connectivity index is 2.38. The lowest BCUT2D eigenvalue weighted by molar-refractivity contribution is 0.0975. The van der Waals surface area contributed by atoms with Gasteiger partial charge >= 0.3 is 0 Å². The van der Waals surface area contributed by atoms with Crippen LogP contribution >= 0.6 is 0 Å². The van der Waals surface area contributed by atoms with Gasteiger partial charge in [0.1, 0.15) is 5.75 Å². The molecule has 0 aliphatic heterocycles. The zero-order valence-corrected chi connectivity index (χ0v) is 11.6. The lowest BCUT2D eigenvalue weighted by Crippen LogP contribution is -2.19.